The van der Waals surface area contributed by atoms with E-state index in [1.54, 1.807) is 18.4 Å². The van der Waals surface area contributed by atoms with Crippen LogP contribution in [0.2, 0.25) is 0 Å². The quantitative estimate of drug-likeness (QED) is 0.735. The summed E-state index contributed by atoms with van der Waals surface area (Å²) >= 11 is 8.23. The van der Waals surface area contributed by atoms with Gasteiger partial charge in [-0.15, -0.1) is 11.3 Å². The fraction of sp³-hybridized carbons (Fsp3) is 0.438. The molecular formula is C16H20N2O3S3. The van der Waals surface area contributed by atoms with E-state index in [0.717, 1.165) is 20.9 Å². The van der Waals surface area contributed by atoms with E-state index >= 15 is 0 Å². The molecule has 0 atom stereocenters. The van der Waals surface area contributed by atoms with Crippen LogP contribution in [0.4, 0.5) is 5.69 Å². The number of methoxy groups -OCH3 is 1. The molecule has 0 bridgehead atoms. The number of carboxylic acid groups (broad SMARTS) is 1. The Labute approximate surface area is 154 Å². The van der Waals surface area contributed by atoms with Gasteiger partial charge in [-0.2, -0.15) is 0 Å². The number of carbonyl (C=O) groups is 1. The molecule has 0 unspecified atom stereocenters. The van der Waals surface area contributed by atoms with Gasteiger partial charge in [-0.25, -0.2) is 4.98 Å². The predicted octanol–water partition coefficient (Wildman–Crippen LogP) is 4.51. The maximum absolute atomic E-state index is 10.6. The van der Waals surface area contributed by atoms with Crippen molar-refractivity contribution in [2.75, 3.05) is 18.2 Å². The van der Waals surface area contributed by atoms with E-state index in [4.69, 9.17) is 22.1 Å². The molecule has 2 rings (SSSR count). The highest BCUT2D eigenvalue weighted by Crippen LogP contribution is 2.37. The van der Waals surface area contributed by atoms with Crippen molar-refractivity contribution in [1.29, 1.82) is 0 Å². The van der Waals surface area contributed by atoms with E-state index in [-0.39, 0.29) is 11.8 Å². The van der Waals surface area contributed by atoms with E-state index in [1.807, 2.05) is 12.1 Å². The SMILES string of the molecule is COc1cc2nc(C(C)(C)C)sc2cc1NC(=S)SCCC(=O)O. The maximum atomic E-state index is 10.6. The van der Waals surface area contributed by atoms with Gasteiger partial charge in [-0.05, 0) is 6.07 Å². The Morgan fingerprint density at radius 2 is 2.17 bits per heavy atom. The number of carboxylic acids is 1. The first-order chi connectivity index (χ1) is 11.2. The minimum Gasteiger partial charge on any atom is -0.494 e. The molecule has 1 aromatic heterocycles. The van der Waals surface area contributed by atoms with Crippen LogP contribution in [0.25, 0.3) is 10.2 Å². The number of hydrogen-bond acceptors (Lipinski definition) is 6. The van der Waals surface area contributed by atoms with Gasteiger partial charge in [0.25, 0.3) is 0 Å². The lowest BCUT2D eigenvalue weighted by Gasteiger charge is -2.13. The number of aromatic nitrogens is 1. The second-order valence-corrected chi connectivity index (χ2v) is 9.00. The number of thiocarbonyl (C=S) groups is 1. The average Bonchev–Trinajstić information content (AvgIpc) is 2.88. The molecule has 1 aromatic carbocycles. The predicted molar refractivity (Wildman–Crippen MR) is 106 cm³/mol. The van der Waals surface area contributed by atoms with Crippen molar-refractivity contribution in [3.8, 4) is 5.75 Å². The van der Waals surface area contributed by atoms with Crippen molar-refractivity contribution in [3.63, 3.8) is 0 Å². The van der Waals surface area contributed by atoms with Gasteiger partial charge < -0.3 is 15.2 Å². The highest BCUT2D eigenvalue weighted by Gasteiger charge is 2.20. The molecule has 0 aliphatic rings. The number of thioether (sulfide) groups is 1. The molecule has 0 saturated heterocycles. The van der Waals surface area contributed by atoms with Crippen LogP contribution < -0.4 is 10.1 Å². The highest BCUT2D eigenvalue weighted by atomic mass is 32.2. The number of thiazole rings is 1. The summed E-state index contributed by atoms with van der Waals surface area (Å²) in [5.41, 5.74) is 1.66. The van der Waals surface area contributed by atoms with Crippen LogP contribution in [0.1, 0.15) is 32.2 Å². The first-order valence-corrected chi connectivity index (χ1v) is 9.56. The number of rotatable bonds is 5. The Bertz CT molecular complexity index is 766. The zero-order chi connectivity index (χ0) is 17.9. The second kappa shape index (κ2) is 7.67. The third kappa shape index (κ3) is 4.81. The number of aliphatic carboxylic acids is 1. The minimum atomic E-state index is -0.830. The summed E-state index contributed by atoms with van der Waals surface area (Å²) in [6, 6.07) is 3.87. The molecule has 24 heavy (non-hydrogen) atoms. The van der Waals surface area contributed by atoms with Crippen LogP contribution >= 0.6 is 35.3 Å². The van der Waals surface area contributed by atoms with Gasteiger partial charge in [0, 0.05) is 17.2 Å². The van der Waals surface area contributed by atoms with E-state index in [0.29, 0.717) is 15.8 Å². The summed E-state index contributed by atoms with van der Waals surface area (Å²) in [4.78, 5) is 15.3. The molecule has 8 heteroatoms. The lowest BCUT2D eigenvalue weighted by atomic mass is 9.98. The highest BCUT2D eigenvalue weighted by molar-refractivity contribution is 8.23. The number of hydrogen-bond donors (Lipinski definition) is 2. The van der Waals surface area contributed by atoms with Crippen molar-refractivity contribution in [1.82, 2.24) is 4.98 Å². The van der Waals surface area contributed by atoms with Crippen molar-refractivity contribution >= 4 is 61.5 Å². The summed E-state index contributed by atoms with van der Waals surface area (Å²) in [6.45, 7) is 6.40. The minimum absolute atomic E-state index is 0.00744. The van der Waals surface area contributed by atoms with E-state index in [1.165, 1.54) is 11.8 Å². The fourth-order valence-electron chi connectivity index (χ4n) is 1.92. The van der Waals surface area contributed by atoms with E-state index in [9.17, 15) is 4.79 Å². The summed E-state index contributed by atoms with van der Waals surface area (Å²) in [7, 11) is 1.60. The van der Waals surface area contributed by atoms with E-state index in [2.05, 4.69) is 31.1 Å². The molecule has 0 aliphatic heterocycles. The van der Waals surface area contributed by atoms with Crippen LogP contribution in [0.5, 0.6) is 5.75 Å². The standard InChI is InChI=1S/C16H20N2O3S3/c1-16(2,3)14-17-10-7-11(21-4)9(8-12(10)24-14)18-15(22)23-6-5-13(19)20/h7-8H,5-6H2,1-4H3,(H,18,22)(H,19,20). The van der Waals surface area contributed by atoms with Crippen LogP contribution in [0.15, 0.2) is 12.1 Å². The Morgan fingerprint density at radius 3 is 2.75 bits per heavy atom. The molecule has 0 radical (unpaired) electrons. The first-order valence-electron chi connectivity index (χ1n) is 7.35. The third-order valence-electron chi connectivity index (χ3n) is 3.14. The molecule has 2 N–H and O–H groups in total. The second-order valence-electron chi connectivity index (χ2n) is 6.19. The largest absolute Gasteiger partial charge is 0.494 e. The van der Waals surface area contributed by atoms with Crippen LogP contribution in [-0.2, 0) is 10.2 Å². The van der Waals surface area contributed by atoms with Gasteiger partial charge in [0.05, 0.1) is 34.4 Å². The van der Waals surface area contributed by atoms with Crippen LogP contribution in [0.3, 0.4) is 0 Å². The molecule has 130 valence electrons. The van der Waals surface area contributed by atoms with E-state index < -0.39 is 5.97 Å². The van der Waals surface area contributed by atoms with Crippen LogP contribution in [-0.4, -0.2) is 33.2 Å². The summed E-state index contributed by atoms with van der Waals surface area (Å²) in [5.74, 6) is 0.263. The molecule has 0 fully saturated rings. The molecule has 0 amide bonds. The van der Waals surface area contributed by atoms with Crippen LogP contribution in [0, 0.1) is 0 Å². The molecule has 1 heterocycles. The topological polar surface area (TPSA) is 71.5 Å². The average molecular weight is 385 g/mol. The Kier molecular flexibility index (Phi) is 6.06. The Balaban J connectivity index is 2.22. The number of nitrogens with zero attached hydrogens (tertiary/aromatic N) is 1. The molecule has 0 aliphatic carbocycles. The first kappa shape index (κ1) is 19.0. The van der Waals surface area contributed by atoms with Gasteiger partial charge in [-0.1, -0.05) is 44.8 Å². The Hall–Kier alpha value is -1.38. The fourth-order valence-corrected chi connectivity index (χ4v) is 3.97. The van der Waals surface area contributed by atoms with Crippen molar-refractivity contribution < 1.29 is 14.6 Å². The molecule has 5 nitrogen and oxygen atoms in total. The monoisotopic (exact) mass is 384 g/mol. The van der Waals surface area contributed by atoms with Gasteiger partial charge in [-0.3, -0.25) is 4.79 Å². The summed E-state index contributed by atoms with van der Waals surface area (Å²) in [5, 5.41) is 12.9. The van der Waals surface area contributed by atoms with Crippen molar-refractivity contribution in [2.24, 2.45) is 0 Å². The molecule has 0 spiro atoms. The lowest BCUT2D eigenvalue weighted by Crippen LogP contribution is -2.09. The van der Waals surface area contributed by atoms with Gasteiger partial charge in [0.15, 0.2) is 0 Å². The number of ether oxygens (including phenoxy) is 1. The van der Waals surface area contributed by atoms with Crippen molar-refractivity contribution in [2.45, 2.75) is 32.6 Å². The lowest BCUT2D eigenvalue weighted by molar-refractivity contribution is -0.136. The normalized spacial score (nSPS) is 11.5. The van der Waals surface area contributed by atoms with Crippen molar-refractivity contribution in [3.05, 3.63) is 17.1 Å². The Morgan fingerprint density at radius 1 is 1.46 bits per heavy atom. The maximum Gasteiger partial charge on any atom is 0.304 e. The molecule has 2 aromatic rings. The molecule has 0 saturated carbocycles. The summed E-state index contributed by atoms with van der Waals surface area (Å²) in [6.07, 6.45) is 0.0758. The number of benzene rings is 1. The number of fused-ring (bicyclic) bond motifs is 1. The van der Waals surface area contributed by atoms with Gasteiger partial charge >= 0.3 is 5.97 Å². The van der Waals surface area contributed by atoms with Gasteiger partial charge in [0.1, 0.15) is 10.1 Å². The molecular weight excluding hydrogens is 364 g/mol. The number of nitrogens with one attached hydrogen (secondary N) is 1. The summed E-state index contributed by atoms with van der Waals surface area (Å²) < 4.78 is 7.01. The third-order valence-corrected chi connectivity index (χ3v) is 5.81. The smallest absolute Gasteiger partial charge is 0.304 e. The van der Waals surface area contributed by atoms with Gasteiger partial charge in [0.2, 0.25) is 0 Å². The zero-order valence-corrected chi connectivity index (χ0v) is 16.5. The zero-order valence-electron chi connectivity index (χ0n) is 14.0. The number of anilines is 1.